The monoisotopic (exact) mass is 332 g/mol. The van der Waals surface area contributed by atoms with Gasteiger partial charge >= 0.3 is 0 Å². The van der Waals surface area contributed by atoms with Gasteiger partial charge < -0.3 is 10.6 Å². The van der Waals surface area contributed by atoms with Gasteiger partial charge in [-0.2, -0.15) is 0 Å². The van der Waals surface area contributed by atoms with Crippen LogP contribution in [0.3, 0.4) is 0 Å². The lowest BCUT2D eigenvalue weighted by molar-refractivity contribution is 0.777. The van der Waals surface area contributed by atoms with E-state index < -0.39 is 0 Å². The summed E-state index contributed by atoms with van der Waals surface area (Å²) in [5.41, 5.74) is 9.83. The van der Waals surface area contributed by atoms with Gasteiger partial charge in [-0.1, -0.05) is 46.3 Å². The second-order valence-corrected chi connectivity index (χ2v) is 5.91. The van der Waals surface area contributed by atoms with Crippen LogP contribution in [0.1, 0.15) is 31.0 Å². The Morgan fingerprint density at radius 1 is 1.15 bits per heavy atom. The minimum atomic E-state index is 0.0207. The van der Waals surface area contributed by atoms with E-state index in [0.29, 0.717) is 0 Å². The average molecular weight is 333 g/mol. The minimum Gasteiger partial charge on any atom is -0.367 e. The van der Waals surface area contributed by atoms with Crippen molar-refractivity contribution in [3.63, 3.8) is 0 Å². The van der Waals surface area contributed by atoms with Crippen molar-refractivity contribution in [1.82, 2.24) is 0 Å². The van der Waals surface area contributed by atoms with Gasteiger partial charge in [0.1, 0.15) is 0 Å². The topological polar surface area (TPSA) is 29.3 Å². The molecule has 0 aromatic heterocycles. The molecule has 2 rings (SSSR count). The van der Waals surface area contributed by atoms with Gasteiger partial charge in [0, 0.05) is 29.3 Å². The van der Waals surface area contributed by atoms with Crippen molar-refractivity contribution in [2.24, 2.45) is 5.73 Å². The zero-order valence-electron chi connectivity index (χ0n) is 12.0. The van der Waals surface area contributed by atoms with Gasteiger partial charge in [-0.05, 0) is 43.2 Å². The molecule has 0 radical (unpaired) electrons. The maximum absolute atomic E-state index is 6.12. The first-order valence-corrected chi connectivity index (χ1v) is 7.75. The molecule has 0 bridgehead atoms. The summed E-state index contributed by atoms with van der Waals surface area (Å²) in [6, 6.07) is 16.9. The molecule has 2 aromatic rings. The SMILES string of the molecule is CCN(Cc1ccccc1)c1ccc(Br)cc1C(C)N. The normalized spacial score (nSPS) is 12.2. The molecule has 3 heteroatoms. The number of halogens is 1. The molecule has 106 valence electrons. The van der Waals surface area contributed by atoms with Gasteiger partial charge in [0.25, 0.3) is 0 Å². The average Bonchev–Trinajstić information content (AvgIpc) is 2.46. The lowest BCUT2D eigenvalue weighted by Crippen LogP contribution is -2.24. The maximum atomic E-state index is 6.12. The van der Waals surface area contributed by atoms with Gasteiger partial charge in [-0.15, -0.1) is 0 Å². The van der Waals surface area contributed by atoms with Crippen LogP contribution in [0.25, 0.3) is 0 Å². The van der Waals surface area contributed by atoms with E-state index in [4.69, 9.17) is 5.73 Å². The first-order valence-electron chi connectivity index (χ1n) is 6.95. The number of benzene rings is 2. The lowest BCUT2D eigenvalue weighted by atomic mass is 10.1. The van der Waals surface area contributed by atoms with Gasteiger partial charge in [-0.25, -0.2) is 0 Å². The van der Waals surface area contributed by atoms with Crippen molar-refractivity contribution in [3.05, 3.63) is 64.1 Å². The van der Waals surface area contributed by atoms with E-state index in [1.54, 1.807) is 0 Å². The van der Waals surface area contributed by atoms with Gasteiger partial charge in [0.05, 0.1) is 0 Å². The molecule has 20 heavy (non-hydrogen) atoms. The number of nitrogens with zero attached hydrogens (tertiary/aromatic N) is 1. The van der Waals surface area contributed by atoms with E-state index in [9.17, 15) is 0 Å². The first kappa shape index (κ1) is 15.1. The second kappa shape index (κ2) is 6.91. The van der Waals surface area contributed by atoms with Crippen LogP contribution in [0, 0.1) is 0 Å². The molecule has 0 amide bonds. The van der Waals surface area contributed by atoms with E-state index in [-0.39, 0.29) is 6.04 Å². The molecular formula is C17H21BrN2. The Bertz CT molecular complexity index is 552. The number of hydrogen-bond acceptors (Lipinski definition) is 2. The lowest BCUT2D eigenvalue weighted by Gasteiger charge is -2.27. The van der Waals surface area contributed by atoms with Crippen molar-refractivity contribution in [2.45, 2.75) is 26.4 Å². The summed E-state index contributed by atoms with van der Waals surface area (Å²) in [7, 11) is 0. The molecule has 0 fully saturated rings. The highest BCUT2D eigenvalue weighted by atomic mass is 79.9. The molecule has 2 nitrogen and oxygen atoms in total. The molecule has 0 spiro atoms. The molecular weight excluding hydrogens is 312 g/mol. The van der Waals surface area contributed by atoms with Crippen molar-refractivity contribution in [3.8, 4) is 0 Å². The zero-order valence-corrected chi connectivity index (χ0v) is 13.6. The predicted molar refractivity (Wildman–Crippen MR) is 89.9 cm³/mol. The molecule has 0 aliphatic heterocycles. The summed E-state index contributed by atoms with van der Waals surface area (Å²) in [5, 5.41) is 0. The summed E-state index contributed by atoms with van der Waals surface area (Å²) in [4.78, 5) is 2.36. The van der Waals surface area contributed by atoms with E-state index in [2.05, 4.69) is 70.2 Å². The fraction of sp³-hybridized carbons (Fsp3) is 0.294. The Kier molecular flexibility index (Phi) is 5.21. The van der Waals surface area contributed by atoms with E-state index in [1.807, 2.05) is 13.0 Å². The highest BCUT2D eigenvalue weighted by molar-refractivity contribution is 9.10. The van der Waals surface area contributed by atoms with Crippen molar-refractivity contribution in [1.29, 1.82) is 0 Å². The number of hydrogen-bond donors (Lipinski definition) is 1. The first-order chi connectivity index (χ1) is 9.61. The van der Waals surface area contributed by atoms with Crippen LogP contribution in [0.4, 0.5) is 5.69 Å². The van der Waals surface area contributed by atoms with E-state index >= 15 is 0 Å². The predicted octanol–water partition coefficient (Wildman–Crippen LogP) is 4.50. The molecule has 0 aliphatic carbocycles. The van der Waals surface area contributed by atoms with Gasteiger partial charge in [0.2, 0.25) is 0 Å². The second-order valence-electron chi connectivity index (χ2n) is 4.99. The fourth-order valence-electron chi connectivity index (χ4n) is 2.35. The Morgan fingerprint density at radius 3 is 2.45 bits per heavy atom. The third-order valence-electron chi connectivity index (χ3n) is 3.42. The van der Waals surface area contributed by atoms with Crippen LogP contribution < -0.4 is 10.6 Å². The van der Waals surface area contributed by atoms with Crippen LogP contribution in [-0.4, -0.2) is 6.54 Å². The van der Waals surface area contributed by atoms with Gasteiger partial charge in [0.15, 0.2) is 0 Å². The zero-order chi connectivity index (χ0) is 14.5. The summed E-state index contributed by atoms with van der Waals surface area (Å²) >= 11 is 3.53. The maximum Gasteiger partial charge on any atom is 0.0429 e. The third kappa shape index (κ3) is 3.62. The van der Waals surface area contributed by atoms with E-state index in [0.717, 1.165) is 17.6 Å². The Hall–Kier alpha value is -1.32. The highest BCUT2D eigenvalue weighted by Gasteiger charge is 2.13. The number of rotatable bonds is 5. The summed E-state index contributed by atoms with van der Waals surface area (Å²) in [6.45, 7) is 6.06. The summed E-state index contributed by atoms with van der Waals surface area (Å²) < 4.78 is 1.07. The molecule has 0 saturated heterocycles. The van der Waals surface area contributed by atoms with Gasteiger partial charge in [-0.3, -0.25) is 0 Å². The molecule has 2 N–H and O–H groups in total. The number of anilines is 1. The Balaban J connectivity index is 2.32. The van der Waals surface area contributed by atoms with E-state index in [1.165, 1.54) is 16.8 Å². The molecule has 1 unspecified atom stereocenters. The Labute approximate surface area is 129 Å². The Morgan fingerprint density at radius 2 is 1.85 bits per heavy atom. The van der Waals surface area contributed by atoms with Crippen LogP contribution in [0.2, 0.25) is 0 Å². The third-order valence-corrected chi connectivity index (χ3v) is 3.91. The van der Waals surface area contributed by atoms with Crippen molar-refractivity contribution in [2.75, 3.05) is 11.4 Å². The summed E-state index contributed by atoms with van der Waals surface area (Å²) in [5.74, 6) is 0. The quantitative estimate of drug-likeness (QED) is 0.873. The fourth-order valence-corrected chi connectivity index (χ4v) is 2.73. The van der Waals surface area contributed by atoms with Crippen LogP contribution in [-0.2, 0) is 6.54 Å². The van der Waals surface area contributed by atoms with Crippen LogP contribution in [0.15, 0.2) is 53.0 Å². The van der Waals surface area contributed by atoms with Crippen LogP contribution >= 0.6 is 15.9 Å². The number of nitrogens with two attached hydrogens (primary N) is 1. The standard InChI is InChI=1S/C17H21BrN2/c1-3-20(12-14-7-5-4-6-8-14)17-10-9-15(18)11-16(17)13(2)19/h4-11,13H,3,12,19H2,1-2H3. The highest BCUT2D eigenvalue weighted by Crippen LogP contribution is 2.29. The smallest absolute Gasteiger partial charge is 0.0429 e. The summed E-state index contributed by atoms with van der Waals surface area (Å²) in [6.07, 6.45) is 0. The largest absolute Gasteiger partial charge is 0.367 e. The van der Waals surface area contributed by atoms with Crippen LogP contribution in [0.5, 0.6) is 0 Å². The molecule has 1 atom stereocenters. The minimum absolute atomic E-state index is 0.0207. The molecule has 2 aromatic carbocycles. The molecule has 0 saturated carbocycles. The molecule has 0 aliphatic rings. The molecule has 0 heterocycles. The van der Waals surface area contributed by atoms with Crippen molar-refractivity contribution >= 4 is 21.6 Å². The van der Waals surface area contributed by atoms with Crippen molar-refractivity contribution < 1.29 is 0 Å².